The van der Waals surface area contributed by atoms with E-state index in [2.05, 4.69) is 5.32 Å². The van der Waals surface area contributed by atoms with Gasteiger partial charge in [-0.3, -0.25) is 14.5 Å². The Bertz CT molecular complexity index is 1000. The summed E-state index contributed by atoms with van der Waals surface area (Å²) in [6.45, 7) is 3.13. The SMILES string of the molecule is COc1ccc(NC(=O)C(C)N2C(=O)C(C)Oc3cc(C(=O)O)ccc32)cc1OC. The van der Waals surface area contributed by atoms with Gasteiger partial charge in [0.25, 0.3) is 5.91 Å². The van der Waals surface area contributed by atoms with E-state index in [9.17, 15) is 19.5 Å². The highest BCUT2D eigenvalue weighted by atomic mass is 16.5. The van der Waals surface area contributed by atoms with Crippen LogP contribution in [-0.4, -0.2) is 49.3 Å². The minimum atomic E-state index is -1.11. The van der Waals surface area contributed by atoms with Crippen molar-refractivity contribution in [2.24, 2.45) is 0 Å². The number of hydrogen-bond acceptors (Lipinski definition) is 6. The summed E-state index contributed by atoms with van der Waals surface area (Å²) in [6, 6.07) is 8.20. The van der Waals surface area contributed by atoms with E-state index >= 15 is 0 Å². The molecule has 0 spiro atoms. The molecule has 0 radical (unpaired) electrons. The van der Waals surface area contributed by atoms with Crippen LogP contribution in [0.4, 0.5) is 11.4 Å². The maximum atomic E-state index is 12.9. The third-order valence-electron chi connectivity index (χ3n) is 4.77. The first kappa shape index (κ1) is 21.0. The van der Waals surface area contributed by atoms with Gasteiger partial charge in [0.05, 0.1) is 25.5 Å². The Labute approximate surface area is 173 Å². The van der Waals surface area contributed by atoms with Crippen molar-refractivity contribution < 1.29 is 33.7 Å². The highest BCUT2D eigenvalue weighted by Crippen LogP contribution is 2.36. The average Bonchev–Trinajstić information content (AvgIpc) is 2.73. The molecule has 9 nitrogen and oxygen atoms in total. The van der Waals surface area contributed by atoms with Gasteiger partial charge < -0.3 is 24.6 Å². The summed E-state index contributed by atoms with van der Waals surface area (Å²) >= 11 is 0. The standard InChI is InChI=1S/C21H22N2O7/c1-11(19(24)22-14-6-8-16(28-3)18(10-14)29-4)23-15-7-5-13(21(26)27)9-17(15)30-12(2)20(23)25/h5-12H,1-4H3,(H,22,24)(H,26,27). The zero-order valence-corrected chi connectivity index (χ0v) is 17.0. The molecule has 1 aliphatic rings. The van der Waals surface area contributed by atoms with Crippen molar-refractivity contribution in [2.45, 2.75) is 26.0 Å². The minimum absolute atomic E-state index is 0.0256. The van der Waals surface area contributed by atoms with Gasteiger partial charge in [-0.25, -0.2) is 4.79 Å². The van der Waals surface area contributed by atoms with E-state index < -0.39 is 29.9 Å². The lowest BCUT2D eigenvalue weighted by atomic mass is 10.1. The molecule has 0 aromatic heterocycles. The second-order valence-electron chi connectivity index (χ2n) is 6.69. The highest BCUT2D eigenvalue weighted by molar-refractivity contribution is 6.08. The second kappa shape index (κ2) is 8.32. The van der Waals surface area contributed by atoms with Crippen molar-refractivity contribution >= 4 is 29.2 Å². The first-order chi connectivity index (χ1) is 14.3. The van der Waals surface area contributed by atoms with Crippen molar-refractivity contribution in [3.63, 3.8) is 0 Å². The highest BCUT2D eigenvalue weighted by Gasteiger charge is 2.37. The summed E-state index contributed by atoms with van der Waals surface area (Å²) < 4.78 is 16.0. The zero-order chi connectivity index (χ0) is 22.0. The molecular formula is C21H22N2O7. The quantitative estimate of drug-likeness (QED) is 0.746. The van der Waals surface area contributed by atoms with Crippen LogP contribution in [0.3, 0.4) is 0 Å². The van der Waals surface area contributed by atoms with Gasteiger partial charge in [-0.1, -0.05) is 0 Å². The Morgan fingerprint density at radius 1 is 1.13 bits per heavy atom. The average molecular weight is 414 g/mol. The van der Waals surface area contributed by atoms with Crippen LogP contribution in [-0.2, 0) is 9.59 Å². The third kappa shape index (κ3) is 3.86. The Kier molecular flexibility index (Phi) is 5.81. The number of ether oxygens (including phenoxy) is 3. The van der Waals surface area contributed by atoms with Gasteiger partial charge in [0.15, 0.2) is 17.6 Å². The maximum Gasteiger partial charge on any atom is 0.335 e. The van der Waals surface area contributed by atoms with Crippen LogP contribution in [0.25, 0.3) is 0 Å². The summed E-state index contributed by atoms with van der Waals surface area (Å²) in [4.78, 5) is 38.2. The first-order valence-electron chi connectivity index (χ1n) is 9.16. The number of aromatic carboxylic acids is 1. The summed E-state index contributed by atoms with van der Waals surface area (Å²) in [5.41, 5.74) is 0.829. The molecule has 2 amide bonds. The van der Waals surface area contributed by atoms with Crippen LogP contribution in [0.1, 0.15) is 24.2 Å². The summed E-state index contributed by atoms with van der Waals surface area (Å²) in [7, 11) is 3.00. The number of carboxylic acids is 1. The number of nitrogens with zero attached hydrogens (tertiary/aromatic N) is 1. The molecule has 3 rings (SSSR count). The lowest BCUT2D eigenvalue weighted by Crippen LogP contribution is -2.52. The number of fused-ring (bicyclic) bond motifs is 1. The fourth-order valence-corrected chi connectivity index (χ4v) is 3.17. The molecule has 0 bridgehead atoms. The molecule has 9 heteroatoms. The zero-order valence-electron chi connectivity index (χ0n) is 17.0. The molecule has 2 aromatic carbocycles. The Hall–Kier alpha value is -3.75. The number of rotatable bonds is 6. The van der Waals surface area contributed by atoms with Crippen LogP contribution >= 0.6 is 0 Å². The summed E-state index contributed by atoms with van der Waals surface area (Å²) in [5.74, 6) is -0.752. The molecule has 0 saturated heterocycles. The van der Waals surface area contributed by atoms with E-state index in [1.54, 1.807) is 32.0 Å². The van der Waals surface area contributed by atoms with Crippen LogP contribution < -0.4 is 24.4 Å². The van der Waals surface area contributed by atoms with Gasteiger partial charge in [0.2, 0.25) is 5.91 Å². The molecule has 158 valence electrons. The van der Waals surface area contributed by atoms with E-state index in [0.717, 1.165) is 0 Å². The fourth-order valence-electron chi connectivity index (χ4n) is 3.17. The van der Waals surface area contributed by atoms with Gasteiger partial charge in [0.1, 0.15) is 11.8 Å². The molecule has 1 heterocycles. The number of amides is 2. The second-order valence-corrected chi connectivity index (χ2v) is 6.69. The van der Waals surface area contributed by atoms with Gasteiger partial charge in [-0.2, -0.15) is 0 Å². The number of carboxylic acid groups (broad SMARTS) is 1. The number of methoxy groups -OCH3 is 2. The molecule has 2 N–H and O–H groups in total. The van der Waals surface area contributed by atoms with Crippen molar-refractivity contribution in [2.75, 3.05) is 24.4 Å². The number of carbonyl (C=O) groups excluding carboxylic acids is 2. The van der Waals surface area contributed by atoms with E-state index in [0.29, 0.717) is 22.9 Å². The molecule has 2 atom stereocenters. The van der Waals surface area contributed by atoms with Gasteiger partial charge in [0, 0.05) is 11.8 Å². The number of nitrogens with one attached hydrogen (secondary N) is 1. The predicted molar refractivity (Wildman–Crippen MR) is 109 cm³/mol. The molecular weight excluding hydrogens is 392 g/mol. The largest absolute Gasteiger partial charge is 0.493 e. The van der Waals surface area contributed by atoms with Crippen LogP contribution in [0, 0.1) is 0 Å². The fraction of sp³-hybridized carbons (Fsp3) is 0.286. The molecule has 0 saturated carbocycles. The Morgan fingerprint density at radius 3 is 2.47 bits per heavy atom. The van der Waals surface area contributed by atoms with Gasteiger partial charge in [-0.15, -0.1) is 0 Å². The normalized spacial score (nSPS) is 16.2. The van der Waals surface area contributed by atoms with Crippen molar-refractivity contribution in [3.05, 3.63) is 42.0 Å². The van der Waals surface area contributed by atoms with Crippen molar-refractivity contribution in [1.29, 1.82) is 0 Å². The van der Waals surface area contributed by atoms with E-state index in [4.69, 9.17) is 14.2 Å². The lowest BCUT2D eigenvalue weighted by molar-refractivity contribution is -0.128. The van der Waals surface area contributed by atoms with Crippen LogP contribution in [0.5, 0.6) is 17.2 Å². The first-order valence-corrected chi connectivity index (χ1v) is 9.16. The van der Waals surface area contributed by atoms with Gasteiger partial charge >= 0.3 is 5.97 Å². The smallest absolute Gasteiger partial charge is 0.335 e. The van der Waals surface area contributed by atoms with Gasteiger partial charge in [-0.05, 0) is 44.2 Å². The van der Waals surface area contributed by atoms with Crippen LogP contribution in [0.15, 0.2) is 36.4 Å². The molecule has 0 aliphatic carbocycles. The maximum absolute atomic E-state index is 12.9. The summed E-state index contributed by atoms with van der Waals surface area (Å²) in [5, 5.41) is 11.9. The summed E-state index contributed by atoms with van der Waals surface area (Å²) in [6.07, 6.45) is -0.863. The van der Waals surface area contributed by atoms with E-state index in [-0.39, 0.29) is 11.3 Å². The van der Waals surface area contributed by atoms with Crippen molar-refractivity contribution in [3.8, 4) is 17.2 Å². The van der Waals surface area contributed by atoms with E-state index in [1.807, 2.05) is 0 Å². The minimum Gasteiger partial charge on any atom is -0.493 e. The molecule has 0 fully saturated rings. The predicted octanol–water partition coefficient (Wildman–Crippen LogP) is 2.54. The van der Waals surface area contributed by atoms with Crippen molar-refractivity contribution in [1.82, 2.24) is 0 Å². The number of benzene rings is 2. The third-order valence-corrected chi connectivity index (χ3v) is 4.77. The Balaban J connectivity index is 1.88. The molecule has 30 heavy (non-hydrogen) atoms. The monoisotopic (exact) mass is 414 g/mol. The van der Waals surface area contributed by atoms with E-state index in [1.165, 1.54) is 37.3 Å². The topological polar surface area (TPSA) is 114 Å². The number of carbonyl (C=O) groups is 3. The molecule has 2 unspecified atom stereocenters. The lowest BCUT2D eigenvalue weighted by Gasteiger charge is -2.36. The Morgan fingerprint density at radius 2 is 1.83 bits per heavy atom. The molecule has 2 aromatic rings. The number of hydrogen-bond donors (Lipinski definition) is 2. The van der Waals surface area contributed by atoms with Crippen LogP contribution in [0.2, 0.25) is 0 Å². The number of anilines is 2. The molecule has 1 aliphatic heterocycles.